The third-order valence-corrected chi connectivity index (χ3v) is 5.41. The van der Waals surface area contributed by atoms with E-state index in [-0.39, 0.29) is 11.7 Å². The van der Waals surface area contributed by atoms with Gasteiger partial charge in [-0.2, -0.15) is 5.10 Å². The van der Waals surface area contributed by atoms with Crippen molar-refractivity contribution in [3.63, 3.8) is 0 Å². The lowest BCUT2D eigenvalue weighted by molar-refractivity contribution is 0.101. The van der Waals surface area contributed by atoms with Gasteiger partial charge in [0.25, 0.3) is 5.91 Å². The van der Waals surface area contributed by atoms with E-state index in [0.29, 0.717) is 17.1 Å². The zero-order valence-corrected chi connectivity index (χ0v) is 16.5. The molecule has 2 aromatic heterocycles. The number of hydrogen-bond donors (Lipinski definition) is 1. The molecule has 0 saturated carbocycles. The molecule has 0 spiro atoms. The molecule has 0 aliphatic carbocycles. The lowest BCUT2D eigenvalue weighted by atomic mass is 10.1. The van der Waals surface area contributed by atoms with E-state index in [1.807, 2.05) is 30.5 Å². The van der Waals surface area contributed by atoms with Crippen LogP contribution in [0.15, 0.2) is 60.8 Å². The molecule has 1 aliphatic heterocycles. The van der Waals surface area contributed by atoms with E-state index >= 15 is 0 Å². The summed E-state index contributed by atoms with van der Waals surface area (Å²) in [6.45, 7) is 1.00. The zero-order valence-electron chi connectivity index (χ0n) is 16.5. The van der Waals surface area contributed by atoms with Crippen molar-refractivity contribution in [1.82, 2.24) is 19.3 Å². The summed E-state index contributed by atoms with van der Waals surface area (Å²) in [5.41, 5.74) is 4.68. The second kappa shape index (κ2) is 7.26. The van der Waals surface area contributed by atoms with Gasteiger partial charge in [0.2, 0.25) is 0 Å². The number of amides is 1. The molecule has 6 nitrogen and oxygen atoms in total. The number of halogens is 1. The Morgan fingerprint density at radius 3 is 2.57 bits per heavy atom. The molecule has 1 aliphatic rings. The summed E-state index contributed by atoms with van der Waals surface area (Å²) in [6.07, 6.45) is 4.07. The van der Waals surface area contributed by atoms with Crippen LogP contribution in [-0.2, 0) is 20.0 Å². The lowest BCUT2D eigenvalue weighted by Gasteiger charge is -2.08. The van der Waals surface area contributed by atoms with Crippen molar-refractivity contribution >= 4 is 11.6 Å². The highest BCUT2D eigenvalue weighted by molar-refractivity contribution is 6.03. The standard InChI is InChI=1S/C23H20FN5O/c1-28-20(13-19(27-28)15-4-8-17(24)9-5-15)23(30)26-18-10-6-16(7-11-18)21-14-25-22-3-2-12-29(21)22/h4-11,13-14H,2-3,12H2,1H3,(H,26,30). The van der Waals surface area contributed by atoms with Gasteiger partial charge >= 0.3 is 0 Å². The van der Waals surface area contributed by atoms with Gasteiger partial charge in [0.15, 0.2) is 0 Å². The molecule has 0 radical (unpaired) electrons. The van der Waals surface area contributed by atoms with Crippen molar-refractivity contribution < 1.29 is 9.18 Å². The highest BCUT2D eigenvalue weighted by Crippen LogP contribution is 2.27. The zero-order chi connectivity index (χ0) is 20.7. The van der Waals surface area contributed by atoms with Gasteiger partial charge in [0.05, 0.1) is 17.6 Å². The first kappa shape index (κ1) is 18.3. The van der Waals surface area contributed by atoms with Gasteiger partial charge in [-0.1, -0.05) is 12.1 Å². The Morgan fingerprint density at radius 2 is 1.80 bits per heavy atom. The summed E-state index contributed by atoms with van der Waals surface area (Å²) in [5, 5.41) is 7.29. The largest absolute Gasteiger partial charge is 0.328 e. The van der Waals surface area contributed by atoms with Crippen LogP contribution in [-0.4, -0.2) is 25.2 Å². The number of aromatic nitrogens is 4. The summed E-state index contributed by atoms with van der Waals surface area (Å²) in [6, 6.07) is 15.5. The Morgan fingerprint density at radius 1 is 1.07 bits per heavy atom. The Balaban J connectivity index is 1.33. The normalized spacial score (nSPS) is 12.7. The van der Waals surface area contributed by atoms with E-state index in [1.165, 1.54) is 16.8 Å². The van der Waals surface area contributed by atoms with Gasteiger partial charge < -0.3 is 9.88 Å². The minimum Gasteiger partial charge on any atom is -0.328 e. The smallest absolute Gasteiger partial charge is 0.273 e. The highest BCUT2D eigenvalue weighted by Gasteiger charge is 2.17. The van der Waals surface area contributed by atoms with Crippen LogP contribution in [0.3, 0.4) is 0 Å². The summed E-state index contributed by atoms with van der Waals surface area (Å²) >= 11 is 0. The summed E-state index contributed by atoms with van der Waals surface area (Å²) in [7, 11) is 1.71. The van der Waals surface area contributed by atoms with E-state index in [1.54, 1.807) is 25.2 Å². The summed E-state index contributed by atoms with van der Waals surface area (Å²) in [4.78, 5) is 17.2. The molecule has 0 atom stereocenters. The van der Waals surface area contributed by atoms with Crippen LogP contribution in [0.25, 0.3) is 22.5 Å². The predicted octanol–water partition coefficient (Wildman–Crippen LogP) is 4.29. The number of carbonyl (C=O) groups excluding carboxylic acids is 1. The molecule has 7 heteroatoms. The minimum atomic E-state index is -0.308. The molecular weight excluding hydrogens is 381 g/mol. The van der Waals surface area contributed by atoms with Crippen LogP contribution in [0.5, 0.6) is 0 Å². The van der Waals surface area contributed by atoms with E-state index in [2.05, 4.69) is 20.0 Å². The fourth-order valence-corrected chi connectivity index (χ4v) is 3.85. The third-order valence-electron chi connectivity index (χ3n) is 5.41. The number of aryl methyl sites for hydroxylation is 2. The van der Waals surface area contributed by atoms with E-state index < -0.39 is 0 Å². The van der Waals surface area contributed by atoms with Gasteiger partial charge in [-0.25, -0.2) is 9.37 Å². The molecule has 4 aromatic rings. The van der Waals surface area contributed by atoms with Gasteiger partial charge in [0, 0.05) is 31.3 Å². The topological polar surface area (TPSA) is 64.7 Å². The Bertz CT molecular complexity index is 1220. The monoisotopic (exact) mass is 401 g/mol. The van der Waals surface area contributed by atoms with Crippen molar-refractivity contribution in [2.75, 3.05) is 5.32 Å². The number of rotatable bonds is 4. The predicted molar refractivity (Wildman–Crippen MR) is 113 cm³/mol. The molecule has 1 amide bonds. The summed E-state index contributed by atoms with van der Waals surface area (Å²) in [5.74, 6) is 0.573. The second-order valence-corrected chi connectivity index (χ2v) is 7.39. The molecule has 0 saturated heterocycles. The lowest BCUT2D eigenvalue weighted by Crippen LogP contribution is -2.15. The van der Waals surface area contributed by atoms with Crippen LogP contribution in [0.2, 0.25) is 0 Å². The van der Waals surface area contributed by atoms with Gasteiger partial charge in [-0.05, 0) is 54.4 Å². The first-order valence-corrected chi connectivity index (χ1v) is 9.85. The maximum atomic E-state index is 13.1. The Hall–Kier alpha value is -3.74. The van der Waals surface area contributed by atoms with Crippen molar-refractivity contribution in [1.29, 1.82) is 0 Å². The first-order chi connectivity index (χ1) is 14.6. The maximum Gasteiger partial charge on any atom is 0.273 e. The number of benzene rings is 2. The fourth-order valence-electron chi connectivity index (χ4n) is 3.85. The average molecular weight is 401 g/mol. The van der Waals surface area contributed by atoms with Crippen molar-refractivity contribution in [2.45, 2.75) is 19.4 Å². The average Bonchev–Trinajstić information content (AvgIpc) is 3.45. The number of imidazole rings is 1. The third kappa shape index (κ3) is 3.28. The van der Waals surface area contributed by atoms with Gasteiger partial charge in [-0.15, -0.1) is 0 Å². The molecule has 0 unspecified atom stereocenters. The summed E-state index contributed by atoms with van der Waals surface area (Å²) < 4.78 is 16.9. The fraction of sp³-hybridized carbons (Fsp3) is 0.174. The van der Waals surface area contributed by atoms with Crippen molar-refractivity contribution in [3.05, 3.63) is 78.1 Å². The van der Waals surface area contributed by atoms with E-state index in [4.69, 9.17) is 0 Å². The van der Waals surface area contributed by atoms with Crippen LogP contribution in [0.4, 0.5) is 10.1 Å². The number of carbonyl (C=O) groups is 1. The number of anilines is 1. The quantitative estimate of drug-likeness (QED) is 0.555. The van der Waals surface area contributed by atoms with Crippen LogP contribution in [0.1, 0.15) is 22.7 Å². The number of fused-ring (bicyclic) bond motifs is 1. The van der Waals surface area contributed by atoms with Crippen LogP contribution in [0, 0.1) is 5.82 Å². The molecule has 3 heterocycles. The molecule has 30 heavy (non-hydrogen) atoms. The van der Waals surface area contributed by atoms with Crippen molar-refractivity contribution in [2.24, 2.45) is 7.05 Å². The molecular formula is C23H20FN5O. The van der Waals surface area contributed by atoms with Crippen LogP contribution < -0.4 is 5.32 Å². The molecule has 0 bridgehead atoms. The van der Waals surface area contributed by atoms with Gasteiger partial charge in [-0.3, -0.25) is 9.48 Å². The molecule has 2 aromatic carbocycles. The number of nitrogens with zero attached hydrogens (tertiary/aromatic N) is 4. The minimum absolute atomic E-state index is 0.253. The van der Waals surface area contributed by atoms with E-state index in [9.17, 15) is 9.18 Å². The molecule has 150 valence electrons. The van der Waals surface area contributed by atoms with E-state index in [0.717, 1.165) is 42.0 Å². The van der Waals surface area contributed by atoms with Crippen LogP contribution >= 0.6 is 0 Å². The Labute approximate surface area is 173 Å². The molecule has 1 N–H and O–H groups in total. The Kier molecular flexibility index (Phi) is 4.43. The SMILES string of the molecule is Cn1nc(-c2ccc(F)cc2)cc1C(=O)Nc1ccc(-c2cnc3n2CCC3)cc1. The number of hydrogen-bond acceptors (Lipinski definition) is 3. The second-order valence-electron chi connectivity index (χ2n) is 7.39. The highest BCUT2D eigenvalue weighted by atomic mass is 19.1. The first-order valence-electron chi connectivity index (χ1n) is 9.85. The van der Waals surface area contributed by atoms with Gasteiger partial charge in [0.1, 0.15) is 17.3 Å². The maximum absolute atomic E-state index is 13.1. The molecule has 0 fully saturated rings. The molecule has 5 rings (SSSR count). The number of nitrogens with one attached hydrogen (secondary N) is 1. The van der Waals surface area contributed by atoms with Crippen molar-refractivity contribution in [3.8, 4) is 22.5 Å².